The Morgan fingerprint density at radius 2 is 1.59 bits per heavy atom. The third-order valence-corrected chi connectivity index (χ3v) is 12.8. The van der Waals surface area contributed by atoms with Crippen LogP contribution < -0.4 is 0 Å². The highest BCUT2D eigenvalue weighted by atomic mass is 16.7. The molecule has 1 aromatic heterocycles. The van der Waals surface area contributed by atoms with E-state index >= 15 is 4.79 Å². The molecule has 1 aromatic rings. The van der Waals surface area contributed by atoms with E-state index in [0.29, 0.717) is 6.42 Å². The number of rotatable bonds is 4. The van der Waals surface area contributed by atoms with Gasteiger partial charge in [0.15, 0.2) is 11.9 Å². The van der Waals surface area contributed by atoms with Crippen LogP contribution in [0.4, 0.5) is 0 Å². The first-order valence-corrected chi connectivity index (χ1v) is 15.3. The van der Waals surface area contributed by atoms with E-state index in [-0.39, 0.29) is 31.5 Å². The standard InChI is InChI=1S/C32H40O12/c1-14(33)41-22-11-21(37)31-13-40-27(43-16(3)35)28(22,4)19(31)10-20(36)30(6)25(31)24(38)26(42-15(2)34)29(5)18(17-7-8-39-12-17)9-23-32(29,30)44-23/h7-8,12,18-23,25-27,36-37H,9-11,13H2,1-6H3. The van der Waals surface area contributed by atoms with E-state index in [0.717, 1.165) is 5.56 Å². The Kier molecular flexibility index (Phi) is 6.21. The van der Waals surface area contributed by atoms with Gasteiger partial charge in [0, 0.05) is 49.9 Å². The third kappa shape index (κ3) is 3.22. The SMILES string of the molecule is CC(=O)OC1CC(O)C23COC(OC(C)=O)C1(C)C2CC(O)C1(C)C3C(=O)C(OC(C)=O)C2(C)C(c3ccoc3)CC3OC321. The number of epoxide rings is 1. The van der Waals surface area contributed by atoms with Gasteiger partial charge in [-0.15, -0.1) is 0 Å². The Bertz CT molecular complexity index is 1420. The number of esters is 3. The minimum Gasteiger partial charge on any atom is -0.472 e. The molecule has 0 amide bonds. The van der Waals surface area contributed by atoms with Gasteiger partial charge in [0.25, 0.3) is 0 Å². The van der Waals surface area contributed by atoms with Crippen LogP contribution in [-0.4, -0.2) is 82.9 Å². The van der Waals surface area contributed by atoms with E-state index in [4.69, 9.17) is 28.1 Å². The van der Waals surface area contributed by atoms with Gasteiger partial charge in [0.2, 0.25) is 6.29 Å². The second kappa shape index (κ2) is 9.14. The van der Waals surface area contributed by atoms with Crippen LogP contribution in [0.2, 0.25) is 0 Å². The van der Waals surface area contributed by atoms with E-state index in [1.165, 1.54) is 20.8 Å². The monoisotopic (exact) mass is 616 g/mol. The van der Waals surface area contributed by atoms with Gasteiger partial charge in [0.05, 0.1) is 48.3 Å². The maximum Gasteiger partial charge on any atom is 0.304 e. The lowest BCUT2D eigenvalue weighted by Gasteiger charge is -2.73. The Labute approximate surface area is 254 Å². The van der Waals surface area contributed by atoms with Crippen LogP contribution in [0.25, 0.3) is 0 Å². The number of ketones is 1. The summed E-state index contributed by atoms with van der Waals surface area (Å²) in [5.74, 6) is -4.32. The van der Waals surface area contributed by atoms with Crippen molar-refractivity contribution in [2.75, 3.05) is 6.61 Å². The van der Waals surface area contributed by atoms with Crippen LogP contribution in [0.3, 0.4) is 0 Å². The lowest BCUT2D eigenvalue weighted by Crippen LogP contribution is -2.82. The van der Waals surface area contributed by atoms with Crippen LogP contribution in [0, 0.1) is 33.5 Å². The molecule has 44 heavy (non-hydrogen) atoms. The number of carbonyl (C=O) groups is 4. The average Bonchev–Trinajstić information content (AvgIpc) is 3.29. The summed E-state index contributed by atoms with van der Waals surface area (Å²) < 4.78 is 35.6. The smallest absolute Gasteiger partial charge is 0.304 e. The van der Waals surface area contributed by atoms with Gasteiger partial charge < -0.3 is 38.3 Å². The number of ether oxygens (including phenoxy) is 5. The molecule has 12 nitrogen and oxygen atoms in total. The van der Waals surface area contributed by atoms with Crippen LogP contribution in [0.1, 0.15) is 72.3 Å². The number of hydrogen-bond donors (Lipinski definition) is 2. The number of aliphatic hydroxyl groups is 2. The molecule has 12 heteroatoms. The van der Waals surface area contributed by atoms with E-state index in [2.05, 4.69) is 0 Å². The Balaban J connectivity index is 1.43. The molecule has 2 saturated heterocycles. The Morgan fingerprint density at radius 1 is 0.909 bits per heavy atom. The molecule has 6 fully saturated rings. The van der Waals surface area contributed by atoms with Gasteiger partial charge in [0.1, 0.15) is 11.7 Å². The molecule has 2 bridgehead atoms. The van der Waals surface area contributed by atoms with Crippen molar-refractivity contribution in [2.45, 2.75) is 109 Å². The molecule has 1 spiro atoms. The van der Waals surface area contributed by atoms with Crippen LogP contribution in [0.5, 0.6) is 0 Å². The summed E-state index contributed by atoms with van der Waals surface area (Å²) >= 11 is 0. The first-order valence-electron chi connectivity index (χ1n) is 15.3. The first-order chi connectivity index (χ1) is 20.6. The Morgan fingerprint density at radius 3 is 2.20 bits per heavy atom. The van der Waals surface area contributed by atoms with Gasteiger partial charge in [-0.05, 0) is 37.3 Å². The van der Waals surface area contributed by atoms with Crippen molar-refractivity contribution in [2.24, 2.45) is 33.5 Å². The number of hydrogen-bond acceptors (Lipinski definition) is 12. The molecule has 0 aromatic carbocycles. The quantitative estimate of drug-likeness (QED) is 0.287. The minimum atomic E-state index is -1.31. The second-order valence-electron chi connectivity index (χ2n) is 14.5. The van der Waals surface area contributed by atoms with E-state index in [1.807, 2.05) is 19.9 Å². The lowest BCUT2D eigenvalue weighted by atomic mass is 9.33. The zero-order valence-electron chi connectivity index (χ0n) is 25.7. The number of aliphatic hydroxyl groups excluding tert-OH is 2. The first kappa shape index (κ1) is 29.9. The maximum absolute atomic E-state index is 15.2. The van der Waals surface area contributed by atoms with E-state index < -0.39 is 93.5 Å². The predicted molar refractivity (Wildman–Crippen MR) is 146 cm³/mol. The fourth-order valence-corrected chi connectivity index (χ4v) is 11.3. The second-order valence-corrected chi connectivity index (χ2v) is 14.5. The average molecular weight is 617 g/mol. The topological polar surface area (TPSA) is 171 Å². The van der Waals surface area contributed by atoms with Crippen molar-refractivity contribution < 1.29 is 57.5 Å². The molecule has 4 saturated carbocycles. The van der Waals surface area contributed by atoms with Crippen molar-refractivity contribution >= 4 is 23.7 Å². The van der Waals surface area contributed by atoms with Crippen molar-refractivity contribution in [3.8, 4) is 0 Å². The number of furan rings is 1. The molecule has 14 atom stereocenters. The summed E-state index contributed by atoms with van der Waals surface area (Å²) in [6, 6.07) is 1.83. The number of carbonyl (C=O) groups excluding carboxylic acids is 4. The van der Waals surface area contributed by atoms with Crippen LogP contribution >= 0.6 is 0 Å². The van der Waals surface area contributed by atoms with Gasteiger partial charge in [-0.2, -0.15) is 0 Å². The minimum absolute atomic E-state index is 0.0475. The largest absolute Gasteiger partial charge is 0.472 e. The predicted octanol–water partition coefficient (Wildman–Crippen LogP) is 2.04. The summed E-state index contributed by atoms with van der Waals surface area (Å²) in [6.45, 7) is 9.09. The van der Waals surface area contributed by atoms with E-state index in [1.54, 1.807) is 19.5 Å². The van der Waals surface area contributed by atoms with Gasteiger partial charge >= 0.3 is 17.9 Å². The fourth-order valence-electron chi connectivity index (χ4n) is 11.3. The fraction of sp³-hybridized carbons (Fsp3) is 0.750. The molecule has 0 radical (unpaired) electrons. The molecule has 240 valence electrons. The molecular formula is C32H40O12. The van der Waals surface area contributed by atoms with Crippen molar-refractivity contribution in [3.05, 3.63) is 24.2 Å². The molecule has 14 unspecified atom stereocenters. The van der Waals surface area contributed by atoms with Gasteiger partial charge in [-0.1, -0.05) is 13.8 Å². The summed E-state index contributed by atoms with van der Waals surface area (Å²) in [5.41, 5.74) is -5.09. The normalized spacial score (nSPS) is 51.6. The summed E-state index contributed by atoms with van der Waals surface area (Å²) in [6.07, 6.45) is -2.32. The zero-order valence-corrected chi connectivity index (χ0v) is 25.7. The van der Waals surface area contributed by atoms with Gasteiger partial charge in [-0.25, -0.2) is 0 Å². The molecule has 2 N–H and O–H groups in total. The molecular weight excluding hydrogens is 576 g/mol. The van der Waals surface area contributed by atoms with Crippen molar-refractivity contribution in [1.82, 2.24) is 0 Å². The maximum atomic E-state index is 15.2. The summed E-state index contributed by atoms with van der Waals surface area (Å²) in [7, 11) is 0. The highest BCUT2D eigenvalue weighted by Gasteiger charge is 2.92. The third-order valence-electron chi connectivity index (χ3n) is 12.8. The summed E-state index contributed by atoms with van der Waals surface area (Å²) in [4.78, 5) is 52.3. The lowest BCUT2D eigenvalue weighted by molar-refractivity contribution is -0.374. The van der Waals surface area contributed by atoms with Crippen LogP contribution in [0.15, 0.2) is 23.0 Å². The number of fused-ring (bicyclic) bond motifs is 1. The zero-order chi connectivity index (χ0) is 31.8. The molecule has 7 rings (SSSR count). The van der Waals surface area contributed by atoms with Crippen LogP contribution in [-0.2, 0) is 42.9 Å². The van der Waals surface area contributed by atoms with Gasteiger partial charge in [-0.3, -0.25) is 19.2 Å². The molecule has 4 aliphatic carbocycles. The Hall–Kier alpha value is -2.80. The van der Waals surface area contributed by atoms with E-state index in [9.17, 15) is 24.6 Å². The molecule has 6 aliphatic rings. The van der Waals surface area contributed by atoms with Crippen molar-refractivity contribution in [1.29, 1.82) is 0 Å². The van der Waals surface area contributed by atoms with Crippen molar-refractivity contribution in [3.63, 3.8) is 0 Å². The molecule has 2 aliphatic heterocycles. The number of Topliss-reactive ketones (excluding diaryl/α,β-unsaturated/α-hetero) is 1. The molecule has 3 heterocycles. The highest BCUT2D eigenvalue weighted by molar-refractivity contribution is 5.93. The summed E-state index contributed by atoms with van der Waals surface area (Å²) in [5, 5.41) is 24.5. The highest BCUT2D eigenvalue weighted by Crippen LogP contribution is 2.83.